The maximum absolute atomic E-state index is 11.7. The highest BCUT2D eigenvalue weighted by atomic mass is 16.6. The van der Waals surface area contributed by atoms with Crippen LogP contribution in [0.5, 0.6) is 0 Å². The highest BCUT2D eigenvalue weighted by molar-refractivity contribution is 5.94. The first-order valence-corrected chi connectivity index (χ1v) is 5.74. The van der Waals surface area contributed by atoms with Gasteiger partial charge >= 0.3 is 0 Å². The lowest BCUT2D eigenvalue weighted by molar-refractivity contribution is -0.384. The lowest BCUT2D eigenvalue weighted by Gasteiger charge is -2.05. The van der Waals surface area contributed by atoms with E-state index >= 15 is 0 Å². The summed E-state index contributed by atoms with van der Waals surface area (Å²) in [6, 6.07) is 7.20. The quantitative estimate of drug-likeness (QED) is 0.480. The van der Waals surface area contributed by atoms with E-state index in [1.54, 1.807) is 6.07 Å². The number of benzene rings is 1. The molecule has 1 aromatic carbocycles. The van der Waals surface area contributed by atoms with Gasteiger partial charge in [-0.1, -0.05) is 12.1 Å². The molecule has 0 bridgehead atoms. The standard InChI is InChI=1S/C13H11N3O4/c1-8(17)11-7-12(14-15(2)13(11)18)9-4-3-5-10(6-9)16(19)20/h3-7H,1-2H3. The molecule has 0 spiro atoms. The molecule has 0 amide bonds. The molecule has 2 aromatic rings. The Morgan fingerprint density at radius 3 is 2.65 bits per heavy atom. The van der Waals surface area contributed by atoms with Gasteiger partial charge in [-0.05, 0) is 13.0 Å². The van der Waals surface area contributed by atoms with E-state index in [1.165, 1.54) is 38.2 Å². The van der Waals surface area contributed by atoms with Crippen molar-refractivity contribution in [2.24, 2.45) is 7.05 Å². The molecule has 0 aliphatic carbocycles. The molecule has 0 fully saturated rings. The van der Waals surface area contributed by atoms with Gasteiger partial charge in [0.05, 0.1) is 16.2 Å². The average molecular weight is 273 g/mol. The maximum atomic E-state index is 11.7. The molecule has 1 heterocycles. The number of Topliss-reactive ketones (excluding diaryl/α,β-unsaturated/α-hetero) is 1. The van der Waals surface area contributed by atoms with E-state index in [0.717, 1.165) is 4.68 Å². The Balaban J connectivity index is 2.64. The van der Waals surface area contributed by atoms with Crippen molar-refractivity contribution >= 4 is 11.5 Å². The summed E-state index contributed by atoms with van der Waals surface area (Å²) in [5, 5.41) is 14.8. The van der Waals surface area contributed by atoms with Gasteiger partial charge in [0.15, 0.2) is 5.78 Å². The third-order valence-electron chi connectivity index (χ3n) is 2.80. The first kappa shape index (κ1) is 13.6. The first-order valence-electron chi connectivity index (χ1n) is 5.74. The molecule has 0 aliphatic rings. The van der Waals surface area contributed by atoms with E-state index in [4.69, 9.17) is 0 Å². The van der Waals surface area contributed by atoms with Crippen LogP contribution >= 0.6 is 0 Å². The molecular formula is C13H11N3O4. The normalized spacial score (nSPS) is 10.3. The predicted molar refractivity (Wildman–Crippen MR) is 71.6 cm³/mol. The van der Waals surface area contributed by atoms with Crippen LogP contribution in [0.1, 0.15) is 17.3 Å². The molecule has 102 valence electrons. The maximum Gasteiger partial charge on any atom is 0.277 e. The number of rotatable bonds is 3. The van der Waals surface area contributed by atoms with Crippen LogP contribution in [0.2, 0.25) is 0 Å². The van der Waals surface area contributed by atoms with Crippen molar-refractivity contribution in [2.45, 2.75) is 6.92 Å². The average Bonchev–Trinajstić information content (AvgIpc) is 2.41. The molecule has 0 atom stereocenters. The van der Waals surface area contributed by atoms with Gasteiger partial charge in [0.1, 0.15) is 0 Å². The molecule has 20 heavy (non-hydrogen) atoms. The number of hydrogen-bond donors (Lipinski definition) is 0. The summed E-state index contributed by atoms with van der Waals surface area (Å²) in [4.78, 5) is 33.4. The van der Waals surface area contributed by atoms with Gasteiger partial charge in [0.25, 0.3) is 11.2 Å². The molecule has 0 radical (unpaired) electrons. The number of aryl methyl sites for hydroxylation is 1. The van der Waals surface area contributed by atoms with Crippen molar-refractivity contribution in [2.75, 3.05) is 0 Å². The van der Waals surface area contributed by atoms with E-state index in [0.29, 0.717) is 11.3 Å². The molecule has 7 nitrogen and oxygen atoms in total. The summed E-state index contributed by atoms with van der Waals surface area (Å²) in [7, 11) is 1.43. The summed E-state index contributed by atoms with van der Waals surface area (Å²) >= 11 is 0. The molecule has 0 aliphatic heterocycles. The van der Waals surface area contributed by atoms with Gasteiger partial charge < -0.3 is 0 Å². The number of nitro groups is 1. The fourth-order valence-corrected chi connectivity index (χ4v) is 1.78. The molecule has 7 heteroatoms. The van der Waals surface area contributed by atoms with Gasteiger partial charge in [-0.15, -0.1) is 0 Å². The largest absolute Gasteiger partial charge is 0.294 e. The van der Waals surface area contributed by atoms with Crippen molar-refractivity contribution < 1.29 is 9.72 Å². The van der Waals surface area contributed by atoms with E-state index < -0.39 is 10.5 Å². The lowest BCUT2D eigenvalue weighted by Crippen LogP contribution is -2.25. The molecule has 0 saturated carbocycles. The molecular weight excluding hydrogens is 262 g/mol. The second kappa shape index (κ2) is 5.04. The second-order valence-corrected chi connectivity index (χ2v) is 4.24. The van der Waals surface area contributed by atoms with Crippen molar-refractivity contribution in [1.82, 2.24) is 9.78 Å². The van der Waals surface area contributed by atoms with Crippen molar-refractivity contribution in [3.05, 3.63) is 56.4 Å². The summed E-state index contributed by atoms with van der Waals surface area (Å²) in [5.41, 5.74) is 0.233. The minimum atomic E-state index is -0.517. The summed E-state index contributed by atoms with van der Waals surface area (Å²) in [5.74, 6) is -0.375. The highest BCUT2D eigenvalue weighted by Gasteiger charge is 2.13. The van der Waals surface area contributed by atoms with E-state index in [1.807, 2.05) is 0 Å². The molecule has 0 saturated heterocycles. The number of carbonyl (C=O) groups excluding carboxylic acids is 1. The van der Waals surface area contributed by atoms with Crippen LogP contribution in [0.25, 0.3) is 11.3 Å². The minimum absolute atomic E-state index is 0.00371. The smallest absolute Gasteiger partial charge is 0.277 e. The van der Waals surface area contributed by atoms with Crippen LogP contribution in [0.15, 0.2) is 35.1 Å². The van der Waals surface area contributed by atoms with Crippen LogP contribution in [0.4, 0.5) is 5.69 Å². The summed E-state index contributed by atoms with van der Waals surface area (Å²) in [6.45, 7) is 1.29. The zero-order valence-electron chi connectivity index (χ0n) is 10.9. The predicted octanol–water partition coefficient (Wildman–Crippen LogP) is 1.56. The second-order valence-electron chi connectivity index (χ2n) is 4.24. The lowest BCUT2D eigenvalue weighted by atomic mass is 10.1. The van der Waals surface area contributed by atoms with Gasteiger partial charge in [0, 0.05) is 24.7 Å². The Morgan fingerprint density at radius 1 is 1.35 bits per heavy atom. The van der Waals surface area contributed by atoms with Crippen LogP contribution in [-0.4, -0.2) is 20.5 Å². The Kier molecular flexibility index (Phi) is 3.43. The Morgan fingerprint density at radius 2 is 2.05 bits per heavy atom. The SMILES string of the molecule is CC(=O)c1cc(-c2cccc([N+](=O)[O-])c2)nn(C)c1=O. The highest BCUT2D eigenvalue weighted by Crippen LogP contribution is 2.21. The fraction of sp³-hybridized carbons (Fsp3) is 0.154. The van der Waals surface area contributed by atoms with Gasteiger partial charge in [-0.3, -0.25) is 19.7 Å². The van der Waals surface area contributed by atoms with Gasteiger partial charge in [-0.25, -0.2) is 4.68 Å². The van der Waals surface area contributed by atoms with Gasteiger partial charge in [0.2, 0.25) is 0 Å². The number of nitrogens with zero attached hydrogens (tertiary/aromatic N) is 3. The van der Waals surface area contributed by atoms with Gasteiger partial charge in [-0.2, -0.15) is 5.10 Å². The molecule has 2 rings (SSSR count). The zero-order valence-corrected chi connectivity index (χ0v) is 10.9. The number of carbonyl (C=O) groups is 1. The van der Waals surface area contributed by atoms with Crippen molar-refractivity contribution in [3.63, 3.8) is 0 Å². The molecule has 1 aromatic heterocycles. The summed E-state index contributed by atoms with van der Waals surface area (Å²) < 4.78 is 1.05. The van der Waals surface area contributed by atoms with Crippen LogP contribution in [0.3, 0.4) is 0 Å². The zero-order chi connectivity index (χ0) is 14.9. The third kappa shape index (κ3) is 2.46. The summed E-state index contributed by atoms with van der Waals surface area (Å²) in [6.07, 6.45) is 0. The monoisotopic (exact) mass is 273 g/mol. The number of non-ortho nitro benzene ring substituents is 1. The van der Waals surface area contributed by atoms with E-state index in [2.05, 4.69) is 5.10 Å². The van der Waals surface area contributed by atoms with Crippen molar-refractivity contribution in [3.8, 4) is 11.3 Å². The molecule has 0 unspecified atom stereocenters. The molecule has 0 N–H and O–H groups in total. The number of nitro benzene ring substituents is 1. The van der Waals surface area contributed by atoms with Crippen molar-refractivity contribution in [1.29, 1.82) is 0 Å². The van der Waals surface area contributed by atoms with Crippen LogP contribution in [-0.2, 0) is 7.05 Å². The topological polar surface area (TPSA) is 95.1 Å². The third-order valence-corrected chi connectivity index (χ3v) is 2.80. The number of hydrogen-bond acceptors (Lipinski definition) is 5. The fourth-order valence-electron chi connectivity index (χ4n) is 1.78. The Labute approximate surface area is 113 Å². The van der Waals surface area contributed by atoms with E-state index in [9.17, 15) is 19.7 Å². The van der Waals surface area contributed by atoms with Crippen LogP contribution in [0, 0.1) is 10.1 Å². The Hall–Kier alpha value is -2.83. The Bertz CT molecular complexity index is 764. The number of ketones is 1. The van der Waals surface area contributed by atoms with E-state index in [-0.39, 0.29) is 17.0 Å². The first-order chi connectivity index (χ1) is 9.40. The number of aromatic nitrogens is 2. The minimum Gasteiger partial charge on any atom is -0.294 e. The van der Waals surface area contributed by atoms with Crippen LogP contribution < -0.4 is 5.56 Å².